The van der Waals surface area contributed by atoms with Crippen LogP contribution in [0.4, 0.5) is 0 Å². The normalized spacial score (nSPS) is 32.3. The van der Waals surface area contributed by atoms with Crippen LogP contribution < -0.4 is 5.23 Å². The second kappa shape index (κ2) is 7.25. The summed E-state index contributed by atoms with van der Waals surface area (Å²) in [6.07, 6.45) is 3.03. The number of piperidine rings is 1. The Kier molecular flexibility index (Phi) is 5.20. The molecule has 0 radical (unpaired) electrons. The standard InChI is InChI=1S/C16H23B2N3O5/c1-8(22)19-18-21-15(25)11-5-3-9-2-4-10(6-12(7-11)16(21)26)14(24)20(17)13(9)23/h9-12,18H,2-7,17H2,1H3,(H,19,22). The van der Waals surface area contributed by atoms with Gasteiger partial charge < -0.3 is 14.8 Å². The maximum Gasteiger partial charge on any atom is 0.366 e. The van der Waals surface area contributed by atoms with Crippen molar-refractivity contribution in [1.29, 1.82) is 0 Å². The highest BCUT2D eigenvalue weighted by atomic mass is 16.2. The first-order chi connectivity index (χ1) is 12.3. The van der Waals surface area contributed by atoms with Crippen LogP contribution in [-0.2, 0) is 24.0 Å². The Hall–Kier alpha value is -2.12. The van der Waals surface area contributed by atoms with Crippen molar-refractivity contribution in [2.24, 2.45) is 23.7 Å². The summed E-state index contributed by atoms with van der Waals surface area (Å²) in [6.45, 7) is 1.33. The molecule has 5 amide bonds. The van der Waals surface area contributed by atoms with Gasteiger partial charge in [-0.05, 0) is 38.5 Å². The molecule has 138 valence electrons. The summed E-state index contributed by atoms with van der Waals surface area (Å²) in [5, 5.41) is 2.51. The van der Waals surface area contributed by atoms with E-state index >= 15 is 0 Å². The van der Waals surface area contributed by atoms with E-state index in [2.05, 4.69) is 5.23 Å². The molecule has 4 atom stereocenters. The second-order valence-corrected chi connectivity index (χ2v) is 7.64. The highest BCUT2D eigenvalue weighted by Crippen LogP contribution is 2.38. The van der Waals surface area contributed by atoms with Gasteiger partial charge in [-0.2, -0.15) is 0 Å². The van der Waals surface area contributed by atoms with E-state index in [-0.39, 0.29) is 54.8 Å². The highest BCUT2D eigenvalue weighted by Gasteiger charge is 2.45. The molecule has 2 saturated heterocycles. The van der Waals surface area contributed by atoms with Crippen molar-refractivity contribution in [3.8, 4) is 0 Å². The number of amides is 5. The predicted molar refractivity (Wildman–Crippen MR) is 94.9 cm³/mol. The minimum Gasteiger partial charge on any atom is -0.383 e. The third-order valence-corrected chi connectivity index (χ3v) is 5.94. The first kappa shape index (κ1) is 18.7. The molecular weight excluding hydrogens is 336 g/mol. The minimum absolute atomic E-state index is 0.138. The largest absolute Gasteiger partial charge is 0.383 e. The zero-order valence-corrected chi connectivity index (χ0v) is 15.2. The van der Waals surface area contributed by atoms with Crippen molar-refractivity contribution in [3.63, 3.8) is 0 Å². The Morgan fingerprint density at radius 2 is 1.35 bits per heavy atom. The molecule has 3 fully saturated rings. The van der Waals surface area contributed by atoms with Crippen LogP contribution in [0.5, 0.6) is 0 Å². The number of carbonyl (C=O) groups excluding carboxylic acids is 5. The van der Waals surface area contributed by atoms with Gasteiger partial charge in [-0.3, -0.25) is 24.0 Å². The van der Waals surface area contributed by atoms with Crippen molar-refractivity contribution >= 4 is 45.1 Å². The quantitative estimate of drug-likeness (QED) is 0.477. The van der Waals surface area contributed by atoms with Crippen LogP contribution in [0, 0.1) is 23.7 Å². The van der Waals surface area contributed by atoms with Crippen molar-refractivity contribution in [1.82, 2.24) is 14.8 Å². The summed E-state index contributed by atoms with van der Waals surface area (Å²) >= 11 is 0. The molecule has 3 aliphatic rings. The van der Waals surface area contributed by atoms with E-state index in [1.807, 2.05) is 0 Å². The van der Waals surface area contributed by atoms with Gasteiger partial charge in [-0.25, -0.2) is 0 Å². The lowest BCUT2D eigenvalue weighted by molar-refractivity contribution is -0.150. The molecule has 0 aromatic heterocycles. The molecule has 26 heavy (non-hydrogen) atoms. The van der Waals surface area contributed by atoms with Crippen LogP contribution in [-0.4, -0.2) is 54.7 Å². The van der Waals surface area contributed by atoms with Crippen molar-refractivity contribution in [2.75, 3.05) is 0 Å². The third kappa shape index (κ3) is 3.41. The Bertz CT molecular complexity index is 670. The maximum absolute atomic E-state index is 12.8. The van der Waals surface area contributed by atoms with E-state index < -0.39 is 5.92 Å². The average Bonchev–Trinajstić information content (AvgIpc) is 2.70. The van der Waals surface area contributed by atoms with Crippen LogP contribution in [0.3, 0.4) is 0 Å². The van der Waals surface area contributed by atoms with Crippen LogP contribution in [0.2, 0.25) is 0 Å². The summed E-state index contributed by atoms with van der Waals surface area (Å²) in [6, 6.07) is 0. The Morgan fingerprint density at radius 3 is 1.92 bits per heavy atom. The second-order valence-electron chi connectivity index (χ2n) is 7.64. The molecule has 10 heteroatoms. The van der Waals surface area contributed by atoms with Gasteiger partial charge in [0.25, 0.3) is 0 Å². The van der Waals surface area contributed by atoms with Crippen LogP contribution >= 0.6 is 0 Å². The van der Waals surface area contributed by atoms with Crippen LogP contribution in [0.25, 0.3) is 0 Å². The van der Waals surface area contributed by atoms with Gasteiger partial charge in [0.1, 0.15) is 0 Å². The summed E-state index contributed by atoms with van der Waals surface area (Å²) in [4.78, 5) is 64.2. The van der Waals surface area contributed by atoms with Crippen molar-refractivity contribution in [2.45, 2.75) is 45.4 Å². The highest BCUT2D eigenvalue weighted by molar-refractivity contribution is 6.43. The van der Waals surface area contributed by atoms with Gasteiger partial charge in [-0.1, -0.05) is 0 Å². The summed E-state index contributed by atoms with van der Waals surface area (Å²) in [5.41, 5.74) is 0. The van der Waals surface area contributed by atoms with E-state index in [4.69, 9.17) is 0 Å². The number of fused-ring (bicyclic) bond motifs is 5. The third-order valence-electron chi connectivity index (χ3n) is 5.94. The fourth-order valence-electron chi connectivity index (χ4n) is 4.42. The van der Waals surface area contributed by atoms with Gasteiger partial charge in [0.2, 0.25) is 37.5 Å². The first-order valence-corrected chi connectivity index (χ1v) is 9.20. The van der Waals surface area contributed by atoms with E-state index in [1.54, 1.807) is 0 Å². The van der Waals surface area contributed by atoms with Gasteiger partial charge in [0, 0.05) is 30.6 Å². The molecule has 0 spiro atoms. The van der Waals surface area contributed by atoms with Gasteiger partial charge in [0.05, 0.1) is 0 Å². The molecular formula is C16H23B2N3O5. The fraction of sp³-hybridized carbons (Fsp3) is 0.688. The summed E-state index contributed by atoms with van der Waals surface area (Å²) in [7, 11) is 1.37. The lowest BCUT2D eigenvalue weighted by Gasteiger charge is -2.37. The summed E-state index contributed by atoms with van der Waals surface area (Å²) < 4.78 is 0. The molecule has 4 bridgehead atoms. The van der Waals surface area contributed by atoms with Crippen LogP contribution in [0.15, 0.2) is 0 Å². The zero-order valence-electron chi connectivity index (χ0n) is 15.2. The number of carbonyl (C=O) groups is 5. The molecule has 0 aromatic carbocycles. The van der Waals surface area contributed by atoms with Gasteiger partial charge in [0.15, 0.2) is 0 Å². The van der Waals surface area contributed by atoms with Crippen molar-refractivity contribution < 1.29 is 24.0 Å². The predicted octanol–water partition coefficient (Wildman–Crippen LogP) is -1.51. The number of hydrogen-bond donors (Lipinski definition) is 1. The fourth-order valence-corrected chi connectivity index (χ4v) is 4.42. The molecule has 0 aromatic rings. The summed E-state index contributed by atoms with van der Waals surface area (Å²) in [5.74, 6) is -2.75. The molecule has 4 unspecified atom stereocenters. The monoisotopic (exact) mass is 359 g/mol. The molecule has 3 rings (SSSR count). The van der Waals surface area contributed by atoms with Crippen LogP contribution in [0.1, 0.15) is 45.4 Å². The van der Waals surface area contributed by atoms with E-state index in [1.165, 1.54) is 19.7 Å². The average molecular weight is 359 g/mol. The Balaban J connectivity index is 1.89. The smallest absolute Gasteiger partial charge is 0.366 e. The number of rotatable bonds is 2. The number of hydrogen-bond acceptors (Lipinski definition) is 5. The number of imide groups is 2. The van der Waals surface area contributed by atoms with E-state index in [0.29, 0.717) is 38.5 Å². The van der Waals surface area contributed by atoms with Gasteiger partial charge in [-0.15, -0.1) is 0 Å². The van der Waals surface area contributed by atoms with E-state index in [0.717, 1.165) is 4.81 Å². The topological polar surface area (TPSA) is 104 Å². The number of nitrogens with one attached hydrogen (secondary N) is 1. The minimum atomic E-state index is -0.432. The Morgan fingerprint density at radius 1 is 0.885 bits per heavy atom. The molecule has 2 aliphatic heterocycles. The molecule has 1 N–H and O–H groups in total. The Labute approximate surface area is 153 Å². The molecule has 1 aliphatic carbocycles. The lowest BCUT2D eigenvalue weighted by Crippen LogP contribution is -2.55. The molecule has 8 nitrogen and oxygen atoms in total. The van der Waals surface area contributed by atoms with Crippen molar-refractivity contribution in [3.05, 3.63) is 0 Å². The molecule has 2 heterocycles. The first-order valence-electron chi connectivity index (χ1n) is 9.20. The number of nitrogens with zero attached hydrogens (tertiary/aromatic N) is 2. The SMILES string of the molecule is BN1C(=O)C2CCC(CC3CC(CC2)C(=O)N(BNC(C)=O)C3=O)C1=O. The zero-order chi connectivity index (χ0) is 19.0. The molecule has 1 saturated carbocycles. The van der Waals surface area contributed by atoms with E-state index in [9.17, 15) is 24.0 Å². The lowest BCUT2D eigenvalue weighted by atomic mass is 9.75. The van der Waals surface area contributed by atoms with Gasteiger partial charge >= 0.3 is 7.55 Å². The maximum atomic E-state index is 12.8.